The number of carbonyl (C=O) groups is 2. The van der Waals surface area contributed by atoms with E-state index >= 15 is 0 Å². The number of carbonyl (C=O) groups excluding carboxylic acids is 2. The Hall–Kier alpha value is -3.23. The number of aromatic amines is 1. The molecular weight excluding hydrogens is 334 g/mol. The second kappa shape index (κ2) is 6.58. The summed E-state index contributed by atoms with van der Waals surface area (Å²) in [5.74, 6) is 0.220. The van der Waals surface area contributed by atoms with Crippen molar-refractivity contribution in [3.05, 3.63) is 36.7 Å². The molecule has 26 heavy (non-hydrogen) atoms. The summed E-state index contributed by atoms with van der Waals surface area (Å²) in [6, 6.07) is 1.83. The fraction of sp³-hybridized carbons (Fsp3) is 0.353. The molecule has 134 valence electrons. The van der Waals surface area contributed by atoms with Crippen LogP contribution in [-0.4, -0.2) is 60.3 Å². The smallest absolute Gasteiger partial charge is 0.272 e. The first kappa shape index (κ1) is 16.2. The number of hydrogen-bond donors (Lipinski definition) is 2. The SMILES string of the molecule is CC(=O)N1CCC(NC(=O)c2nc(-n3ccnc3)nc3cc[nH]c23)CC1. The van der Waals surface area contributed by atoms with Crippen LogP contribution in [0.3, 0.4) is 0 Å². The van der Waals surface area contributed by atoms with Gasteiger partial charge in [-0.15, -0.1) is 0 Å². The number of rotatable bonds is 3. The molecule has 3 aromatic rings. The van der Waals surface area contributed by atoms with Crippen molar-refractivity contribution in [2.75, 3.05) is 13.1 Å². The van der Waals surface area contributed by atoms with Gasteiger partial charge in [0.15, 0.2) is 5.69 Å². The lowest BCUT2D eigenvalue weighted by Gasteiger charge is -2.31. The van der Waals surface area contributed by atoms with Crippen LogP contribution in [0.1, 0.15) is 30.3 Å². The molecule has 0 aliphatic carbocycles. The van der Waals surface area contributed by atoms with Gasteiger partial charge in [-0.3, -0.25) is 14.2 Å². The lowest BCUT2D eigenvalue weighted by Crippen LogP contribution is -2.46. The van der Waals surface area contributed by atoms with Crippen molar-refractivity contribution < 1.29 is 9.59 Å². The molecule has 0 unspecified atom stereocenters. The topological polar surface area (TPSA) is 109 Å². The number of nitrogens with one attached hydrogen (secondary N) is 2. The Morgan fingerprint density at radius 3 is 2.77 bits per heavy atom. The number of fused-ring (bicyclic) bond motifs is 1. The Kier molecular flexibility index (Phi) is 4.11. The summed E-state index contributed by atoms with van der Waals surface area (Å²) >= 11 is 0. The van der Waals surface area contributed by atoms with Crippen molar-refractivity contribution in [2.45, 2.75) is 25.8 Å². The molecule has 2 amide bonds. The summed E-state index contributed by atoms with van der Waals surface area (Å²) in [7, 11) is 0. The maximum Gasteiger partial charge on any atom is 0.272 e. The Morgan fingerprint density at radius 2 is 2.08 bits per heavy atom. The minimum absolute atomic E-state index is 0.0229. The Morgan fingerprint density at radius 1 is 1.27 bits per heavy atom. The molecule has 9 nitrogen and oxygen atoms in total. The highest BCUT2D eigenvalue weighted by atomic mass is 16.2. The zero-order valence-corrected chi connectivity index (χ0v) is 14.3. The molecule has 3 aromatic heterocycles. The summed E-state index contributed by atoms with van der Waals surface area (Å²) in [5, 5.41) is 3.04. The third-order valence-electron chi connectivity index (χ3n) is 4.62. The molecule has 1 aliphatic rings. The number of H-pyrrole nitrogens is 1. The van der Waals surface area contributed by atoms with Gasteiger partial charge in [0.1, 0.15) is 6.33 Å². The third kappa shape index (κ3) is 3.03. The second-order valence-corrected chi connectivity index (χ2v) is 6.33. The zero-order chi connectivity index (χ0) is 18.1. The Bertz CT molecular complexity index is 939. The molecule has 4 rings (SSSR count). The molecule has 0 bridgehead atoms. The zero-order valence-electron chi connectivity index (χ0n) is 14.3. The maximum absolute atomic E-state index is 12.8. The quantitative estimate of drug-likeness (QED) is 0.727. The average Bonchev–Trinajstić information content (AvgIpc) is 3.32. The first-order chi connectivity index (χ1) is 12.6. The average molecular weight is 353 g/mol. The Balaban J connectivity index is 1.57. The summed E-state index contributed by atoms with van der Waals surface area (Å²) in [6.07, 6.45) is 8.16. The van der Waals surface area contributed by atoms with Gasteiger partial charge >= 0.3 is 0 Å². The molecule has 2 N–H and O–H groups in total. The summed E-state index contributed by atoms with van der Waals surface area (Å²) in [4.78, 5) is 42.0. The van der Waals surface area contributed by atoms with E-state index in [0.29, 0.717) is 35.8 Å². The van der Waals surface area contributed by atoms with Crippen molar-refractivity contribution in [1.82, 2.24) is 34.7 Å². The molecule has 1 saturated heterocycles. The van der Waals surface area contributed by atoms with E-state index in [2.05, 4.69) is 25.3 Å². The Labute approximate surface area is 149 Å². The van der Waals surface area contributed by atoms with E-state index in [4.69, 9.17) is 0 Å². The number of hydrogen-bond acceptors (Lipinski definition) is 5. The molecule has 0 spiro atoms. The molecule has 9 heteroatoms. The van der Waals surface area contributed by atoms with Crippen LogP contribution in [0.4, 0.5) is 0 Å². The number of imidazole rings is 1. The number of nitrogens with zero attached hydrogens (tertiary/aromatic N) is 5. The molecule has 0 radical (unpaired) electrons. The van der Waals surface area contributed by atoms with E-state index in [1.54, 1.807) is 47.4 Å². The van der Waals surface area contributed by atoms with Crippen molar-refractivity contribution in [3.63, 3.8) is 0 Å². The van der Waals surface area contributed by atoms with Gasteiger partial charge in [0.2, 0.25) is 11.9 Å². The van der Waals surface area contributed by atoms with Gasteiger partial charge < -0.3 is 15.2 Å². The highest BCUT2D eigenvalue weighted by Gasteiger charge is 2.24. The summed E-state index contributed by atoms with van der Waals surface area (Å²) in [5.41, 5.74) is 1.57. The van der Waals surface area contributed by atoms with E-state index in [-0.39, 0.29) is 17.9 Å². The molecule has 1 fully saturated rings. The van der Waals surface area contributed by atoms with E-state index in [9.17, 15) is 9.59 Å². The molecule has 1 aliphatic heterocycles. The van der Waals surface area contributed by atoms with Crippen LogP contribution in [0.15, 0.2) is 31.0 Å². The van der Waals surface area contributed by atoms with Crippen LogP contribution in [0.5, 0.6) is 0 Å². The van der Waals surface area contributed by atoms with Crippen LogP contribution in [0.2, 0.25) is 0 Å². The highest BCUT2D eigenvalue weighted by Crippen LogP contribution is 2.17. The normalized spacial score (nSPS) is 15.3. The molecule has 0 aromatic carbocycles. The lowest BCUT2D eigenvalue weighted by molar-refractivity contribution is -0.129. The first-order valence-electron chi connectivity index (χ1n) is 8.51. The molecule has 0 saturated carbocycles. The number of piperidine rings is 1. The monoisotopic (exact) mass is 353 g/mol. The highest BCUT2D eigenvalue weighted by molar-refractivity contribution is 6.03. The van der Waals surface area contributed by atoms with Gasteiger partial charge in [0.05, 0.1) is 11.0 Å². The predicted molar refractivity (Wildman–Crippen MR) is 93.8 cm³/mol. The fourth-order valence-corrected chi connectivity index (χ4v) is 3.18. The standard InChI is InChI=1S/C17H19N7O2/c1-11(25)23-7-3-12(4-8-23)20-16(26)15-14-13(2-5-19-14)21-17(22-15)24-9-6-18-10-24/h2,5-6,9-10,12,19H,3-4,7-8H2,1H3,(H,20,26). The van der Waals surface area contributed by atoms with Gasteiger partial charge in [-0.05, 0) is 18.9 Å². The second-order valence-electron chi connectivity index (χ2n) is 6.33. The third-order valence-corrected chi connectivity index (χ3v) is 4.62. The molecule has 4 heterocycles. The minimum atomic E-state index is -0.248. The van der Waals surface area contributed by atoms with E-state index in [1.165, 1.54) is 0 Å². The van der Waals surface area contributed by atoms with Gasteiger partial charge in [-0.25, -0.2) is 15.0 Å². The van der Waals surface area contributed by atoms with Gasteiger partial charge in [0, 0.05) is 44.6 Å². The van der Waals surface area contributed by atoms with Crippen LogP contribution in [0, 0.1) is 0 Å². The van der Waals surface area contributed by atoms with Crippen molar-refractivity contribution >= 4 is 22.8 Å². The van der Waals surface area contributed by atoms with Crippen LogP contribution in [-0.2, 0) is 4.79 Å². The van der Waals surface area contributed by atoms with Crippen LogP contribution < -0.4 is 5.32 Å². The number of amides is 2. The van der Waals surface area contributed by atoms with Crippen molar-refractivity contribution in [1.29, 1.82) is 0 Å². The van der Waals surface area contributed by atoms with Gasteiger partial charge in [0.25, 0.3) is 5.91 Å². The predicted octanol–water partition coefficient (Wildman–Crippen LogP) is 0.884. The number of aromatic nitrogens is 5. The summed E-state index contributed by atoms with van der Waals surface area (Å²) in [6.45, 7) is 2.88. The van der Waals surface area contributed by atoms with E-state index in [0.717, 1.165) is 12.8 Å². The minimum Gasteiger partial charge on any atom is -0.358 e. The lowest BCUT2D eigenvalue weighted by atomic mass is 10.0. The van der Waals surface area contributed by atoms with Crippen LogP contribution >= 0.6 is 0 Å². The van der Waals surface area contributed by atoms with Crippen molar-refractivity contribution in [2.24, 2.45) is 0 Å². The largest absolute Gasteiger partial charge is 0.358 e. The first-order valence-corrected chi connectivity index (χ1v) is 8.51. The van der Waals surface area contributed by atoms with Crippen molar-refractivity contribution in [3.8, 4) is 5.95 Å². The van der Waals surface area contributed by atoms with Gasteiger partial charge in [-0.2, -0.15) is 0 Å². The summed E-state index contributed by atoms with van der Waals surface area (Å²) < 4.78 is 1.66. The van der Waals surface area contributed by atoms with Crippen LogP contribution in [0.25, 0.3) is 17.0 Å². The van der Waals surface area contributed by atoms with Gasteiger partial charge in [-0.1, -0.05) is 0 Å². The van der Waals surface area contributed by atoms with E-state index < -0.39 is 0 Å². The maximum atomic E-state index is 12.8. The molecule has 0 atom stereocenters. The fourth-order valence-electron chi connectivity index (χ4n) is 3.18. The number of likely N-dealkylation sites (tertiary alicyclic amines) is 1. The van der Waals surface area contributed by atoms with E-state index in [1.807, 2.05) is 0 Å². The molecular formula is C17H19N7O2.